The fraction of sp³-hybridized carbons (Fsp3) is 0.938. The van der Waals surface area contributed by atoms with Crippen LogP contribution in [-0.2, 0) is 55.0 Å². The van der Waals surface area contributed by atoms with Gasteiger partial charge in [-0.05, 0) is 198 Å². The van der Waals surface area contributed by atoms with E-state index >= 15 is 0 Å². The van der Waals surface area contributed by atoms with Gasteiger partial charge in [0.1, 0.15) is 0 Å². The van der Waals surface area contributed by atoms with E-state index in [0.717, 1.165) is 37.3 Å². The molecule has 66 heavy (non-hydrogen) atoms. The maximum atomic E-state index is 9.60. The minimum absolute atomic E-state index is 0. The molecule has 0 amide bonds. The molecule has 4 fully saturated rings. The van der Waals surface area contributed by atoms with E-state index in [-0.39, 0.29) is 106 Å². The third kappa shape index (κ3) is 30.6. The maximum absolute atomic E-state index is 9.60. The van der Waals surface area contributed by atoms with Gasteiger partial charge in [0.2, 0.25) is 0 Å². The summed E-state index contributed by atoms with van der Waals surface area (Å²) in [5.41, 5.74) is -0.590. The van der Waals surface area contributed by atoms with Crippen molar-refractivity contribution in [2.75, 3.05) is 6.61 Å². The van der Waals surface area contributed by atoms with Crippen molar-refractivity contribution in [3.05, 3.63) is 0 Å². The summed E-state index contributed by atoms with van der Waals surface area (Å²) in [5.74, 6) is 1.61. The Bertz CT molecular complexity index is 1250. The standard InChI is InChI=1S/C17H33BO2.C16H31BO3.C4H10O.2C4H9O.3CO2.Al.Li/c1-7-17(8-2)11-9-14(13-17)10-12-18-19-15(3,4)16(5,6)20-18;1-6-16(12-18)9-7-13(11-16)8-10-17-19-14(2,3)15(4,5)20-17;3*1-4(2,3)5;3*2-1-3;;/h14H,7-13H2,1-6H3;13,18H,6-12H2,1-5H3;5H,1-3H3;2*1-3H3;;;;;/q;;;2*-1;;;;+2;. The second-order valence-corrected chi connectivity index (χ2v) is 23.6. The minimum atomic E-state index is -0.500. The van der Waals surface area contributed by atoms with Crippen LogP contribution in [0.1, 0.15) is 209 Å². The third-order valence-electron chi connectivity index (χ3n) is 13.2. The maximum Gasteiger partial charge on any atom is 0.669 e. The largest absolute Gasteiger partial charge is 0.669 e. The first-order valence-corrected chi connectivity index (χ1v) is 24.6. The predicted octanol–water partition coefficient (Wildman–Crippen LogP) is 9.53. The van der Waals surface area contributed by atoms with Crippen LogP contribution >= 0.6 is 0 Å². The molecule has 2 saturated heterocycles. The van der Waals surface area contributed by atoms with Crippen molar-refractivity contribution in [3.63, 3.8) is 0 Å². The predicted molar refractivity (Wildman–Crippen MR) is 259 cm³/mol. The molecule has 2 aliphatic carbocycles. The summed E-state index contributed by atoms with van der Waals surface area (Å²) in [6.07, 6.45) is 16.8. The average molecular weight is 949 g/mol. The molecule has 4 aliphatic rings. The van der Waals surface area contributed by atoms with E-state index < -0.39 is 5.60 Å². The number of carbonyl (C=O) groups excluding carboxylic acids is 6. The first-order chi connectivity index (χ1) is 29.4. The number of hydrogen-bond acceptors (Lipinski definition) is 14. The summed E-state index contributed by atoms with van der Waals surface area (Å²) in [4.78, 5) is 48.8. The molecule has 3 atom stereocenters. The van der Waals surface area contributed by atoms with E-state index in [1.165, 1.54) is 57.8 Å². The van der Waals surface area contributed by atoms with Gasteiger partial charge in [-0.25, -0.2) is 0 Å². The molecule has 378 valence electrons. The zero-order valence-corrected chi connectivity index (χ0v) is 46.7. The molecule has 14 nitrogen and oxygen atoms in total. The summed E-state index contributed by atoms with van der Waals surface area (Å²) in [6, 6.07) is 0. The van der Waals surface area contributed by atoms with Crippen LogP contribution in [-0.4, -0.2) is 123 Å². The molecule has 2 radical (unpaired) electrons. The van der Waals surface area contributed by atoms with E-state index in [1.54, 1.807) is 20.8 Å². The smallest absolute Gasteiger partial charge is 0.479 e. The Morgan fingerprint density at radius 2 is 0.803 bits per heavy atom. The number of hydrogen-bond donors (Lipinski definition) is 2. The van der Waals surface area contributed by atoms with E-state index in [2.05, 4.69) is 76.2 Å². The van der Waals surface area contributed by atoms with Gasteiger partial charge in [-0.2, -0.15) is 28.8 Å². The zero-order valence-electron chi connectivity index (χ0n) is 45.6. The number of rotatable bonds is 12. The Morgan fingerprint density at radius 1 is 0.561 bits per heavy atom. The van der Waals surface area contributed by atoms with Gasteiger partial charge in [0, 0.05) is 36.7 Å². The molecule has 2 aliphatic heterocycles. The third-order valence-corrected chi connectivity index (χ3v) is 14.8. The molecular weight excluding hydrogens is 856 g/mol. The van der Waals surface area contributed by atoms with Crippen LogP contribution in [0.15, 0.2) is 0 Å². The Labute approximate surface area is 420 Å². The van der Waals surface area contributed by atoms with Crippen molar-refractivity contribution >= 4 is 67.4 Å². The molecule has 2 heterocycles. The summed E-state index contributed by atoms with van der Waals surface area (Å²) in [5, 5.41) is 18.1. The normalized spacial score (nSPS) is 23.7. The van der Waals surface area contributed by atoms with Gasteiger partial charge in [-0.1, -0.05) is 46.5 Å². The molecular formula is C48H92AlB2LiO14. The van der Waals surface area contributed by atoms with Gasteiger partial charge >= 0.3 is 48.6 Å². The van der Waals surface area contributed by atoms with Crippen LogP contribution in [0.2, 0.25) is 12.6 Å². The van der Waals surface area contributed by atoms with Crippen LogP contribution in [0, 0.1) is 22.7 Å². The van der Waals surface area contributed by atoms with Crippen molar-refractivity contribution in [2.24, 2.45) is 22.7 Å². The zero-order chi connectivity index (χ0) is 51.8. The summed E-state index contributed by atoms with van der Waals surface area (Å²) < 4.78 is 35.3. The minimum Gasteiger partial charge on any atom is -0.479 e. The topological polar surface area (TPSA) is 198 Å². The first kappa shape index (κ1) is 71.6. The summed E-state index contributed by atoms with van der Waals surface area (Å²) in [6.45, 7) is 41.7. The Hall–Kier alpha value is -0.920. The van der Waals surface area contributed by atoms with Crippen LogP contribution in [0.4, 0.5) is 0 Å². The number of aliphatic hydroxyl groups is 2. The van der Waals surface area contributed by atoms with Gasteiger partial charge in [-0.3, -0.25) is 0 Å². The van der Waals surface area contributed by atoms with Crippen molar-refractivity contribution in [3.8, 4) is 0 Å². The van der Waals surface area contributed by atoms with E-state index in [4.69, 9.17) is 60.1 Å². The summed E-state index contributed by atoms with van der Waals surface area (Å²) in [7, 11) is -0.0657. The fourth-order valence-electron chi connectivity index (χ4n) is 7.84. The Balaban J connectivity index is -0.000000389. The molecule has 18 heteroatoms. The van der Waals surface area contributed by atoms with Crippen LogP contribution in [0.5, 0.6) is 0 Å². The van der Waals surface area contributed by atoms with Gasteiger partial charge < -0.3 is 36.4 Å². The van der Waals surface area contributed by atoms with E-state index in [1.807, 2.05) is 41.5 Å². The molecule has 3 unspecified atom stereocenters. The van der Waals surface area contributed by atoms with E-state index in [0.29, 0.717) is 12.0 Å². The molecule has 0 aromatic rings. The van der Waals surface area contributed by atoms with Crippen LogP contribution in [0.25, 0.3) is 0 Å². The van der Waals surface area contributed by atoms with E-state index in [9.17, 15) is 5.11 Å². The fourth-order valence-corrected chi connectivity index (χ4v) is 8.46. The molecule has 0 bridgehead atoms. The van der Waals surface area contributed by atoms with Crippen molar-refractivity contribution in [2.45, 2.75) is 261 Å². The van der Waals surface area contributed by atoms with Gasteiger partial charge in [-0.15, -0.1) is 0 Å². The number of aliphatic hydroxyl groups excluding tert-OH is 1. The second-order valence-electron chi connectivity index (χ2n) is 22.9. The molecule has 2 saturated carbocycles. The summed E-state index contributed by atoms with van der Waals surface area (Å²) >= 11 is -0.331. The van der Waals surface area contributed by atoms with Crippen LogP contribution < -0.4 is 0 Å². The van der Waals surface area contributed by atoms with Gasteiger partial charge in [0.15, 0.2) is 0 Å². The molecule has 2 N–H and O–H groups in total. The SMILES string of the molecule is CC(C)(C)O.CC(C)(C)[O][Al][O]C(C)(C)C.CCC1(CC)CCC(CCB2OC(C)(C)C(C)(C)O2)C1.CCC1(CO)CCC(CCB2OC(C)(C)C(C)(C)O2)C1.O=C=O.O=C=O.O=C=O.[Li]. The molecule has 0 spiro atoms. The molecule has 0 aromatic heterocycles. The van der Waals surface area contributed by atoms with Crippen molar-refractivity contribution < 1.29 is 65.2 Å². The molecule has 4 rings (SSSR count). The first-order valence-electron chi connectivity index (χ1n) is 23.6. The quantitative estimate of drug-likeness (QED) is 0.175. The van der Waals surface area contributed by atoms with Gasteiger partial charge in [0.25, 0.3) is 0 Å². The second kappa shape index (κ2) is 32.1. The Morgan fingerprint density at radius 3 is 1.00 bits per heavy atom. The van der Waals surface area contributed by atoms with Crippen molar-refractivity contribution in [1.82, 2.24) is 0 Å². The van der Waals surface area contributed by atoms with Crippen LogP contribution in [0.3, 0.4) is 0 Å². The van der Waals surface area contributed by atoms with Crippen molar-refractivity contribution in [1.29, 1.82) is 0 Å². The monoisotopic (exact) mass is 949 g/mol. The average Bonchev–Trinajstić information content (AvgIpc) is 3.87. The molecule has 0 aromatic carbocycles. The Kier molecular flexibility index (Phi) is 34.9. The van der Waals surface area contributed by atoms with Gasteiger partial charge in [0.05, 0.1) is 28.0 Å².